The summed E-state index contributed by atoms with van der Waals surface area (Å²) in [5.41, 5.74) is 0.839. The molecular weight excluding hydrogens is 316 g/mol. The van der Waals surface area contributed by atoms with Crippen molar-refractivity contribution < 1.29 is 9.32 Å². The third-order valence-electron chi connectivity index (χ3n) is 3.94. The van der Waals surface area contributed by atoms with E-state index in [0.29, 0.717) is 29.6 Å². The number of amides is 1. The zero-order valence-electron chi connectivity index (χ0n) is 13.0. The van der Waals surface area contributed by atoms with Crippen molar-refractivity contribution in [3.8, 4) is 11.4 Å². The third-order valence-corrected chi connectivity index (χ3v) is 4.20. The van der Waals surface area contributed by atoms with Gasteiger partial charge >= 0.3 is 0 Å². The predicted octanol–water partition coefficient (Wildman–Crippen LogP) is 2.14. The normalized spacial score (nSPS) is 18.2. The van der Waals surface area contributed by atoms with Gasteiger partial charge in [-0.3, -0.25) is 4.79 Å². The topological polar surface area (TPSA) is 71.3 Å². The Hall–Kier alpha value is -1.92. The molecule has 7 heteroatoms. The lowest BCUT2D eigenvalue weighted by atomic mass is 10.2. The fourth-order valence-corrected chi connectivity index (χ4v) is 2.77. The molecule has 0 bridgehead atoms. The summed E-state index contributed by atoms with van der Waals surface area (Å²) in [4.78, 5) is 18.5. The first-order valence-corrected chi connectivity index (χ1v) is 8.10. The molecule has 0 saturated carbocycles. The first-order chi connectivity index (χ1) is 11.1. The van der Waals surface area contributed by atoms with Gasteiger partial charge in [-0.05, 0) is 31.2 Å². The van der Waals surface area contributed by atoms with E-state index in [1.54, 1.807) is 12.1 Å². The van der Waals surface area contributed by atoms with Crippen LogP contribution in [-0.2, 0) is 11.2 Å². The van der Waals surface area contributed by atoms with Crippen LogP contribution < -0.4 is 5.32 Å². The quantitative estimate of drug-likeness (QED) is 0.927. The van der Waals surface area contributed by atoms with Gasteiger partial charge in [-0.2, -0.15) is 4.98 Å². The third kappa shape index (κ3) is 3.89. The largest absolute Gasteiger partial charge is 0.339 e. The van der Waals surface area contributed by atoms with Gasteiger partial charge in [-0.25, -0.2) is 0 Å². The van der Waals surface area contributed by atoms with Crippen LogP contribution in [0.4, 0.5) is 0 Å². The van der Waals surface area contributed by atoms with Crippen LogP contribution in [0.5, 0.6) is 0 Å². The zero-order valence-corrected chi connectivity index (χ0v) is 13.7. The Morgan fingerprint density at radius 1 is 1.43 bits per heavy atom. The smallest absolute Gasteiger partial charge is 0.227 e. The van der Waals surface area contributed by atoms with Crippen LogP contribution in [0, 0.1) is 0 Å². The van der Waals surface area contributed by atoms with E-state index in [2.05, 4.69) is 22.4 Å². The Labute approximate surface area is 139 Å². The highest BCUT2D eigenvalue weighted by Gasteiger charge is 2.23. The molecule has 1 atom stereocenters. The minimum atomic E-state index is 0.130. The number of benzene rings is 1. The maximum Gasteiger partial charge on any atom is 0.227 e. The van der Waals surface area contributed by atoms with Crippen LogP contribution in [0.25, 0.3) is 11.4 Å². The fraction of sp³-hybridized carbons (Fsp3) is 0.438. The van der Waals surface area contributed by atoms with Gasteiger partial charge in [-0.1, -0.05) is 16.8 Å². The summed E-state index contributed by atoms with van der Waals surface area (Å²) in [6.45, 7) is 4.49. The number of carbonyl (C=O) groups excluding carboxylic acids is 1. The second-order valence-corrected chi connectivity index (χ2v) is 6.10. The maximum absolute atomic E-state index is 12.3. The van der Waals surface area contributed by atoms with Crippen molar-refractivity contribution in [1.29, 1.82) is 0 Å². The number of hydrogen-bond donors (Lipinski definition) is 1. The average Bonchev–Trinajstić information content (AvgIpc) is 3.03. The predicted molar refractivity (Wildman–Crippen MR) is 87.1 cm³/mol. The van der Waals surface area contributed by atoms with Crippen LogP contribution in [-0.4, -0.2) is 46.6 Å². The van der Waals surface area contributed by atoms with E-state index in [9.17, 15) is 4.79 Å². The molecule has 1 aliphatic rings. The van der Waals surface area contributed by atoms with Crippen molar-refractivity contribution in [1.82, 2.24) is 20.4 Å². The van der Waals surface area contributed by atoms with Crippen LogP contribution in [0.3, 0.4) is 0 Å². The molecule has 0 aliphatic carbocycles. The Kier molecular flexibility index (Phi) is 4.93. The monoisotopic (exact) mass is 334 g/mol. The minimum absolute atomic E-state index is 0.130. The molecule has 3 rings (SSSR count). The maximum atomic E-state index is 12.3. The van der Waals surface area contributed by atoms with E-state index in [1.165, 1.54) is 0 Å². The summed E-state index contributed by atoms with van der Waals surface area (Å²) in [5, 5.41) is 7.89. The van der Waals surface area contributed by atoms with Crippen LogP contribution >= 0.6 is 11.6 Å². The van der Waals surface area contributed by atoms with Gasteiger partial charge in [0.15, 0.2) is 0 Å². The number of carbonyl (C=O) groups is 1. The molecule has 0 spiro atoms. The number of piperazine rings is 1. The van der Waals surface area contributed by atoms with Crippen molar-refractivity contribution in [2.24, 2.45) is 0 Å². The molecule has 1 unspecified atom stereocenters. The van der Waals surface area contributed by atoms with Crippen LogP contribution in [0.1, 0.15) is 19.2 Å². The summed E-state index contributed by atoms with van der Waals surface area (Å²) in [5.74, 6) is 1.12. The molecule has 2 heterocycles. The number of nitrogens with one attached hydrogen (secondary N) is 1. The summed E-state index contributed by atoms with van der Waals surface area (Å²) in [6, 6.07) is 7.46. The molecule has 1 aliphatic heterocycles. The van der Waals surface area contributed by atoms with Gasteiger partial charge in [0.25, 0.3) is 0 Å². The fourth-order valence-electron chi connectivity index (χ4n) is 2.64. The highest BCUT2D eigenvalue weighted by molar-refractivity contribution is 6.30. The van der Waals surface area contributed by atoms with Gasteiger partial charge < -0.3 is 14.7 Å². The number of aromatic nitrogens is 2. The van der Waals surface area contributed by atoms with Crippen molar-refractivity contribution in [3.05, 3.63) is 35.2 Å². The molecule has 23 heavy (non-hydrogen) atoms. The highest BCUT2D eigenvalue weighted by Crippen LogP contribution is 2.19. The highest BCUT2D eigenvalue weighted by atomic mass is 35.5. The summed E-state index contributed by atoms with van der Waals surface area (Å²) < 4.78 is 5.24. The van der Waals surface area contributed by atoms with Crippen molar-refractivity contribution in [2.75, 3.05) is 19.6 Å². The second kappa shape index (κ2) is 7.10. The molecule has 1 aromatic heterocycles. The number of aryl methyl sites for hydroxylation is 1. The molecule has 0 radical (unpaired) electrons. The molecule has 1 fully saturated rings. The van der Waals surface area contributed by atoms with E-state index in [1.807, 2.05) is 17.0 Å². The van der Waals surface area contributed by atoms with E-state index in [0.717, 1.165) is 25.2 Å². The summed E-state index contributed by atoms with van der Waals surface area (Å²) >= 11 is 5.86. The number of rotatable bonds is 4. The van der Waals surface area contributed by atoms with E-state index in [-0.39, 0.29) is 11.9 Å². The van der Waals surface area contributed by atoms with Crippen LogP contribution in [0.2, 0.25) is 5.02 Å². The molecular formula is C16H19ClN4O2. The lowest BCUT2D eigenvalue weighted by Crippen LogP contribution is -2.52. The summed E-state index contributed by atoms with van der Waals surface area (Å²) in [7, 11) is 0. The van der Waals surface area contributed by atoms with E-state index in [4.69, 9.17) is 16.1 Å². The van der Waals surface area contributed by atoms with E-state index >= 15 is 0 Å². The molecule has 1 amide bonds. The van der Waals surface area contributed by atoms with Gasteiger partial charge in [-0.15, -0.1) is 0 Å². The molecule has 1 saturated heterocycles. The van der Waals surface area contributed by atoms with Crippen molar-refractivity contribution in [2.45, 2.75) is 25.8 Å². The minimum Gasteiger partial charge on any atom is -0.339 e. The van der Waals surface area contributed by atoms with Crippen molar-refractivity contribution >= 4 is 17.5 Å². The molecule has 122 valence electrons. The molecule has 1 N–H and O–H groups in total. The first-order valence-electron chi connectivity index (χ1n) is 7.72. The standard InChI is InChI=1S/C16H19ClN4O2/c1-11-10-18-8-9-21(11)15(22)7-6-14-19-16(20-23-14)12-2-4-13(17)5-3-12/h2-5,11,18H,6-10H2,1H3. The number of nitrogens with zero attached hydrogens (tertiary/aromatic N) is 3. The Morgan fingerprint density at radius 3 is 2.96 bits per heavy atom. The van der Waals surface area contributed by atoms with Gasteiger partial charge in [0.05, 0.1) is 0 Å². The van der Waals surface area contributed by atoms with E-state index < -0.39 is 0 Å². The second-order valence-electron chi connectivity index (χ2n) is 5.66. The number of halogens is 1. The van der Waals surface area contributed by atoms with Gasteiger partial charge in [0.2, 0.25) is 17.6 Å². The van der Waals surface area contributed by atoms with Crippen LogP contribution in [0.15, 0.2) is 28.8 Å². The molecule has 2 aromatic rings. The van der Waals surface area contributed by atoms with Gasteiger partial charge in [0.1, 0.15) is 0 Å². The number of hydrogen-bond acceptors (Lipinski definition) is 5. The van der Waals surface area contributed by atoms with Gasteiger partial charge in [0, 0.05) is 49.1 Å². The van der Waals surface area contributed by atoms with Crippen molar-refractivity contribution in [3.63, 3.8) is 0 Å². The lowest BCUT2D eigenvalue weighted by molar-refractivity contribution is -0.134. The Balaban J connectivity index is 1.58. The molecule has 1 aromatic carbocycles. The molecule has 6 nitrogen and oxygen atoms in total. The Bertz CT molecular complexity index is 671. The SMILES string of the molecule is CC1CNCCN1C(=O)CCc1nc(-c2ccc(Cl)cc2)no1. The average molecular weight is 335 g/mol. The lowest BCUT2D eigenvalue weighted by Gasteiger charge is -2.34. The Morgan fingerprint density at radius 2 is 2.22 bits per heavy atom. The summed E-state index contributed by atoms with van der Waals surface area (Å²) in [6.07, 6.45) is 0.836. The first kappa shape index (κ1) is 16.0. The zero-order chi connectivity index (χ0) is 16.2.